The predicted octanol–water partition coefficient (Wildman–Crippen LogP) is 0.198. The predicted molar refractivity (Wildman–Crippen MR) is 71.7 cm³/mol. The third-order valence-corrected chi connectivity index (χ3v) is 4.95. The minimum absolute atomic E-state index is 0.0436. The normalized spacial score (nSPS) is 12.3. The molecular formula is C9H18BrN5O2S. The number of halogens is 1. The Morgan fingerprint density at radius 1 is 1.39 bits per heavy atom. The Hall–Kier alpha value is -0.510. The average molecular weight is 340 g/mol. The van der Waals surface area contributed by atoms with Crippen molar-refractivity contribution in [3.8, 4) is 0 Å². The summed E-state index contributed by atoms with van der Waals surface area (Å²) in [5, 5.41) is 7.35. The van der Waals surface area contributed by atoms with Gasteiger partial charge in [-0.25, -0.2) is 17.8 Å². The van der Waals surface area contributed by atoms with Gasteiger partial charge in [0.25, 0.3) is 10.0 Å². The molecule has 0 amide bonds. The van der Waals surface area contributed by atoms with Crippen LogP contribution in [0.3, 0.4) is 0 Å². The number of likely N-dealkylation sites (N-methyl/N-ethyl adjacent to an activating group) is 1. The molecule has 0 radical (unpaired) electrons. The lowest BCUT2D eigenvalue weighted by molar-refractivity contribution is 0.309. The fourth-order valence-corrected chi connectivity index (χ4v) is 3.66. The van der Waals surface area contributed by atoms with Gasteiger partial charge in [-0.3, -0.25) is 0 Å². The molecule has 1 N–H and O–H groups in total. The number of nitrogens with one attached hydrogen (secondary N) is 1. The van der Waals surface area contributed by atoms with Crippen LogP contribution in [0, 0.1) is 0 Å². The molecule has 18 heavy (non-hydrogen) atoms. The molecule has 0 saturated carbocycles. The molecule has 0 fully saturated rings. The van der Waals surface area contributed by atoms with Gasteiger partial charge in [-0.1, -0.05) is 19.1 Å². The van der Waals surface area contributed by atoms with Crippen LogP contribution in [0.4, 0.5) is 0 Å². The second-order valence-corrected chi connectivity index (χ2v) is 6.17. The number of rotatable bonds is 7. The van der Waals surface area contributed by atoms with E-state index < -0.39 is 10.0 Å². The molecule has 1 aromatic heterocycles. The first-order valence-electron chi connectivity index (χ1n) is 5.69. The van der Waals surface area contributed by atoms with Gasteiger partial charge in [0.1, 0.15) is 0 Å². The molecule has 9 heteroatoms. The lowest BCUT2D eigenvalue weighted by atomic mass is 10.5. The molecule has 0 saturated heterocycles. The van der Waals surface area contributed by atoms with Crippen molar-refractivity contribution in [1.29, 1.82) is 0 Å². The van der Waals surface area contributed by atoms with Crippen LogP contribution < -0.4 is 4.72 Å². The zero-order valence-corrected chi connectivity index (χ0v) is 13.1. The lowest BCUT2D eigenvalue weighted by Crippen LogP contribution is -2.35. The van der Waals surface area contributed by atoms with Gasteiger partial charge in [-0.05, 0) is 29.0 Å². The quantitative estimate of drug-likeness (QED) is 0.767. The maximum atomic E-state index is 12.0. The highest BCUT2D eigenvalue weighted by Crippen LogP contribution is 2.17. The molecule has 1 aromatic rings. The summed E-state index contributed by atoms with van der Waals surface area (Å²) >= 11 is 3.08. The smallest absolute Gasteiger partial charge is 0.260 e. The van der Waals surface area contributed by atoms with Crippen molar-refractivity contribution in [3.05, 3.63) is 4.60 Å². The minimum atomic E-state index is -3.58. The van der Waals surface area contributed by atoms with E-state index in [9.17, 15) is 8.42 Å². The van der Waals surface area contributed by atoms with Gasteiger partial charge in [-0.15, -0.1) is 5.10 Å². The van der Waals surface area contributed by atoms with Gasteiger partial charge in [0.15, 0.2) is 4.60 Å². The number of hydrogen-bond acceptors (Lipinski definition) is 5. The molecular weight excluding hydrogens is 322 g/mol. The molecule has 0 unspecified atom stereocenters. The van der Waals surface area contributed by atoms with Crippen molar-refractivity contribution in [2.24, 2.45) is 7.05 Å². The third kappa shape index (κ3) is 3.74. The van der Waals surface area contributed by atoms with Gasteiger partial charge in [0.05, 0.1) is 0 Å². The van der Waals surface area contributed by atoms with E-state index in [-0.39, 0.29) is 9.63 Å². The molecule has 1 heterocycles. The van der Waals surface area contributed by atoms with Crippen LogP contribution in [-0.2, 0) is 17.1 Å². The van der Waals surface area contributed by atoms with E-state index in [1.165, 1.54) is 11.7 Å². The Labute approximate surface area is 116 Å². The van der Waals surface area contributed by atoms with Crippen LogP contribution in [0.15, 0.2) is 9.63 Å². The highest BCUT2D eigenvalue weighted by atomic mass is 79.9. The van der Waals surface area contributed by atoms with E-state index in [0.29, 0.717) is 13.1 Å². The van der Waals surface area contributed by atoms with E-state index in [0.717, 1.165) is 13.1 Å². The van der Waals surface area contributed by atoms with Gasteiger partial charge in [-0.2, -0.15) is 0 Å². The molecule has 0 bridgehead atoms. The summed E-state index contributed by atoms with van der Waals surface area (Å²) in [7, 11) is -2.04. The maximum Gasteiger partial charge on any atom is 0.260 e. The summed E-state index contributed by atoms with van der Waals surface area (Å²) in [6, 6.07) is 0. The molecule has 0 spiro atoms. The van der Waals surface area contributed by atoms with E-state index in [1.54, 1.807) is 0 Å². The van der Waals surface area contributed by atoms with E-state index in [2.05, 4.69) is 35.9 Å². The summed E-state index contributed by atoms with van der Waals surface area (Å²) in [4.78, 5) is 2.14. The number of aryl methyl sites for hydroxylation is 1. The van der Waals surface area contributed by atoms with Crippen LogP contribution in [-0.4, -0.2) is 54.5 Å². The van der Waals surface area contributed by atoms with Gasteiger partial charge in [0, 0.05) is 20.1 Å². The first kappa shape index (κ1) is 15.5. The Morgan fingerprint density at radius 2 is 2.00 bits per heavy atom. The molecule has 0 aliphatic rings. The third-order valence-electron chi connectivity index (χ3n) is 2.61. The molecule has 1 rings (SSSR count). The SMILES string of the molecule is CCN(CC)CCNS(=O)(=O)c1c(Br)nnn1C. The first-order chi connectivity index (χ1) is 8.42. The van der Waals surface area contributed by atoms with Crippen LogP contribution in [0.1, 0.15) is 13.8 Å². The highest BCUT2D eigenvalue weighted by Gasteiger charge is 2.23. The number of nitrogens with zero attached hydrogens (tertiary/aromatic N) is 4. The topological polar surface area (TPSA) is 80.1 Å². The van der Waals surface area contributed by atoms with Crippen molar-refractivity contribution in [3.63, 3.8) is 0 Å². The molecule has 7 nitrogen and oxygen atoms in total. The van der Waals surface area contributed by atoms with Crippen molar-refractivity contribution >= 4 is 26.0 Å². The van der Waals surface area contributed by atoms with Crippen molar-refractivity contribution in [2.75, 3.05) is 26.2 Å². The van der Waals surface area contributed by atoms with Crippen LogP contribution >= 0.6 is 15.9 Å². The van der Waals surface area contributed by atoms with Gasteiger partial charge < -0.3 is 4.90 Å². The number of hydrogen-bond donors (Lipinski definition) is 1. The summed E-state index contributed by atoms with van der Waals surface area (Å²) in [6.45, 7) is 6.92. The van der Waals surface area contributed by atoms with Crippen LogP contribution in [0.5, 0.6) is 0 Å². The summed E-state index contributed by atoms with van der Waals surface area (Å²) < 4.78 is 28.1. The molecule has 104 valence electrons. The Morgan fingerprint density at radius 3 is 2.44 bits per heavy atom. The molecule has 0 aromatic carbocycles. The van der Waals surface area contributed by atoms with Crippen molar-refractivity contribution in [2.45, 2.75) is 18.9 Å². The summed E-state index contributed by atoms with van der Waals surface area (Å²) in [5.41, 5.74) is 0. The number of aromatic nitrogens is 3. The average Bonchev–Trinajstić information content (AvgIpc) is 2.65. The monoisotopic (exact) mass is 339 g/mol. The largest absolute Gasteiger partial charge is 0.303 e. The zero-order chi connectivity index (χ0) is 13.8. The zero-order valence-electron chi connectivity index (χ0n) is 10.7. The highest BCUT2D eigenvalue weighted by molar-refractivity contribution is 9.10. The van der Waals surface area contributed by atoms with E-state index in [4.69, 9.17) is 0 Å². The summed E-state index contributed by atoms with van der Waals surface area (Å²) in [5.74, 6) is 0. The first-order valence-corrected chi connectivity index (χ1v) is 7.97. The van der Waals surface area contributed by atoms with Crippen LogP contribution in [0.2, 0.25) is 0 Å². The van der Waals surface area contributed by atoms with Gasteiger partial charge >= 0.3 is 0 Å². The standard InChI is InChI=1S/C9H18BrN5O2S/c1-4-15(5-2)7-6-11-18(16,17)9-8(10)12-13-14(9)3/h11H,4-7H2,1-3H3. The Kier molecular flexibility index (Phi) is 5.70. The molecule has 0 aliphatic heterocycles. The van der Waals surface area contributed by atoms with Gasteiger partial charge in [0.2, 0.25) is 5.03 Å². The molecule has 0 aliphatic carbocycles. The second-order valence-electron chi connectivity index (χ2n) is 3.73. The molecule has 0 atom stereocenters. The number of sulfonamides is 1. The lowest BCUT2D eigenvalue weighted by Gasteiger charge is -2.17. The Balaban J connectivity index is 2.67. The van der Waals surface area contributed by atoms with Crippen LogP contribution in [0.25, 0.3) is 0 Å². The van der Waals surface area contributed by atoms with E-state index >= 15 is 0 Å². The second kappa shape index (κ2) is 6.60. The fraction of sp³-hybridized carbons (Fsp3) is 0.778. The van der Waals surface area contributed by atoms with E-state index in [1.807, 2.05) is 13.8 Å². The van der Waals surface area contributed by atoms with Crippen molar-refractivity contribution in [1.82, 2.24) is 24.6 Å². The Bertz CT molecular complexity index is 464. The fourth-order valence-electron chi connectivity index (χ4n) is 1.55. The summed E-state index contributed by atoms with van der Waals surface area (Å²) in [6.07, 6.45) is 0. The minimum Gasteiger partial charge on any atom is -0.303 e. The van der Waals surface area contributed by atoms with Crippen molar-refractivity contribution < 1.29 is 8.42 Å². The maximum absolute atomic E-state index is 12.0.